The number of hydrogen-bond donors (Lipinski definition) is 2. The van der Waals surface area contributed by atoms with E-state index in [4.69, 9.17) is 0 Å². The Balaban J connectivity index is 1.83. The SMILES string of the molecule is Cc1ccc(CC(=O)NNC(=O)c2cccnc2)cc1. The molecule has 1 aromatic heterocycles. The summed E-state index contributed by atoms with van der Waals surface area (Å²) >= 11 is 0. The maximum absolute atomic E-state index is 11.7. The van der Waals surface area contributed by atoms with E-state index in [0.29, 0.717) is 5.56 Å². The van der Waals surface area contributed by atoms with E-state index in [1.807, 2.05) is 31.2 Å². The maximum atomic E-state index is 11.7. The second-order valence-electron chi connectivity index (χ2n) is 4.41. The fraction of sp³-hybridized carbons (Fsp3) is 0.133. The van der Waals surface area contributed by atoms with Gasteiger partial charge in [-0.25, -0.2) is 0 Å². The zero-order valence-electron chi connectivity index (χ0n) is 11.1. The molecule has 0 aliphatic carbocycles. The van der Waals surface area contributed by atoms with Gasteiger partial charge in [0.1, 0.15) is 0 Å². The van der Waals surface area contributed by atoms with Gasteiger partial charge in [0.05, 0.1) is 12.0 Å². The van der Waals surface area contributed by atoms with Crippen LogP contribution in [0.15, 0.2) is 48.8 Å². The van der Waals surface area contributed by atoms with Crippen molar-refractivity contribution in [2.24, 2.45) is 0 Å². The van der Waals surface area contributed by atoms with Gasteiger partial charge < -0.3 is 0 Å². The summed E-state index contributed by atoms with van der Waals surface area (Å²) < 4.78 is 0. The van der Waals surface area contributed by atoms with Crippen molar-refractivity contribution in [2.75, 3.05) is 0 Å². The summed E-state index contributed by atoms with van der Waals surface area (Å²) in [6, 6.07) is 10.9. The van der Waals surface area contributed by atoms with Crippen molar-refractivity contribution in [3.63, 3.8) is 0 Å². The minimum absolute atomic E-state index is 0.216. The molecule has 0 aliphatic heterocycles. The Bertz CT molecular complexity index is 594. The lowest BCUT2D eigenvalue weighted by molar-refractivity contribution is -0.121. The number of pyridine rings is 1. The summed E-state index contributed by atoms with van der Waals surface area (Å²) in [5.74, 6) is -0.665. The predicted molar refractivity (Wildman–Crippen MR) is 74.7 cm³/mol. The molecular formula is C15H15N3O2. The molecule has 2 N–H and O–H groups in total. The van der Waals surface area contributed by atoms with Crippen molar-refractivity contribution in [3.8, 4) is 0 Å². The second-order valence-corrected chi connectivity index (χ2v) is 4.41. The number of hydrogen-bond acceptors (Lipinski definition) is 3. The van der Waals surface area contributed by atoms with Crippen LogP contribution in [-0.4, -0.2) is 16.8 Å². The van der Waals surface area contributed by atoms with E-state index < -0.39 is 5.91 Å². The van der Waals surface area contributed by atoms with Crippen LogP contribution in [-0.2, 0) is 11.2 Å². The minimum Gasteiger partial charge on any atom is -0.273 e. The highest BCUT2D eigenvalue weighted by molar-refractivity contribution is 5.95. The predicted octanol–water partition coefficient (Wildman–Crippen LogP) is 1.39. The molecule has 20 heavy (non-hydrogen) atoms. The summed E-state index contributed by atoms with van der Waals surface area (Å²) in [5, 5.41) is 0. The molecule has 0 saturated heterocycles. The molecule has 0 spiro atoms. The molecule has 0 fully saturated rings. The first-order chi connectivity index (χ1) is 9.65. The first kappa shape index (κ1) is 13.7. The summed E-state index contributed by atoms with van der Waals surface area (Å²) in [7, 11) is 0. The zero-order chi connectivity index (χ0) is 14.4. The average molecular weight is 269 g/mol. The van der Waals surface area contributed by atoms with Gasteiger partial charge in [-0.05, 0) is 24.6 Å². The number of nitrogens with zero attached hydrogens (tertiary/aromatic N) is 1. The quantitative estimate of drug-likeness (QED) is 0.827. The van der Waals surface area contributed by atoms with Crippen LogP contribution in [0.4, 0.5) is 0 Å². The van der Waals surface area contributed by atoms with Gasteiger partial charge in [0, 0.05) is 12.4 Å². The highest BCUT2D eigenvalue weighted by atomic mass is 16.2. The molecule has 1 aromatic carbocycles. The summed E-state index contributed by atoms with van der Waals surface area (Å²) in [4.78, 5) is 27.2. The van der Waals surface area contributed by atoms with Gasteiger partial charge in [-0.2, -0.15) is 0 Å². The molecule has 2 aromatic rings. The van der Waals surface area contributed by atoms with Gasteiger partial charge in [-0.1, -0.05) is 29.8 Å². The molecule has 5 nitrogen and oxygen atoms in total. The van der Waals surface area contributed by atoms with E-state index in [1.54, 1.807) is 18.3 Å². The van der Waals surface area contributed by atoms with Gasteiger partial charge >= 0.3 is 0 Å². The van der Waals surface area contributed by atoms with Crippen molar-refractivity contribution >= 4 is 11.8 Å². The largest absolute Gasteiger partial charge is 0.273 e. The number of aromatic nitrogens is 1. The van der Waals surface area contributed by atoms with Gasteiger partial charge in [0.2, 0.25) is 5.91 Å². The monoisotopic (exact) mass is 269 g/mol. The number of carbonyl (C=O) groups excluding carboxylic acids is 2. The smallest absolute Gasteiger partial charge is 0.271 e. The Hall–Kier alpha value is -2.69. The number of benzene rings is 1. The maximum Gasteiger partial charge on any atom is 0.271 e. The Kier molecular flexibility index (Phi) is 4.44. The van der Waals surface area contributed by atoms with Crippen molar-refractivity contribution in [1.82, 2.24) is 15.8 Å². The van der Waals surface area contributed by atoms with Crippen molar-refractivity contribution < 1.29 is 9.59 Å². The molecular weight excluding hydrogens is 254 g/mol. The van der Waals surface area contributed by atoms with Gasteiger partial charge in [-0.3, -0.25) is 25.4 Å². The molecule has 0 saturated carbocycles. The van der Waals surface area contributed by atoms with E-state index in [2.05, 4.69) is 15.8 Å². The summed E-state index contributed by atoms with van der Waals surface area (Å²) in [5.41, 5.74) is 7.15. The van der Waals surface area contributed by atoms with E-state index >= 15 is 0 Å². The standard InChI is InChI=1S/C15H15N3O2/c1-11-4-6-12(7-5-11)9-14(19)17-18-15(20)13-3-2-8-16-10-13/h2-8,10H,9H2,1H3,(H,17,19)(H,18,20). The van der Waals surface area contributed by atoms with Crippen LogP contribution >= 0.6 is 0 Å². The third-order valence-electron chi connectivity index (χ3n) is 2.72. The highest BCUT2D eigenvalue weighted by Gasteiger charge is 2.07. The first-order valence-electron chi connectivity index (χ1n) is 6.20. The molecule has 0 bridgehead atoms. The Morgan fingerprint density at radius 1 is 1.10 bits per heavy atom. The summed E-state index contributed by atoms with van der Waals surface area (Å²) in [6.07, 6.45) is 3.22. The Morgan fingerprint density at radius 2 is 1.85 bits per heavy atom. The van der Waals surface area contributed by atoms with Gasteiger partial charge in [-0.15, -0.1) is 0 Å². The highest BCUT2D eigenvalue weighted by Crippen LogP contribution is 2.03. The zero-order valence-corrected chi connectivity index (χ0v) is 11.1. The molecule has 2 rings (SSSR count). The third-order valence-corrected chi connectivity index (χ3v) is 2.72. The lowest BCUT2D eigenvalue weighted by Crippen LogP contribution is -2.42. The van der Waals surface area contributed by atoms with E-state index in [1.165, 1.54) is 6.20 Å². The number of rotatable bonds is 3. The van der Waals surface area contributed by atoms with Crippen LogP contribution in [0.25, 0.3) is 0 Å². The Labute approximate surface area is 117 Å². The van der Waals surface area contributed by atoms with Crippen LogP contribution in [0.2, 0.25) is 0 Å². The number of aryl methyl sites for hydroxylation is 1. The van der Waals surface area contributed by atoms with Gasteiger partial charge in [0.25, 0.3) is 5.91 Å². The summed E-state index contributed by atoms with van der Waals surface area (Å²) in [6.45, 7) is 1.98. The molecule has 102 valence electrons. The van der Waals surface area contributed by atoms with Crippen LogP contribution in [0.5, 0.6) is 0 Å². The van der Waals surface area contributed by atoms with Gasteiger partial charge in [0.15, 0.2) is 0 Å². The van der Waals surface area contributed by atoms with Crippen molar-refractivity contribution in [1.29, 1.82) is 0 Å². The lowest BCUT2D eigenvalue weighted by atomic mass is 10.1. The molecule has 2 amide bonds. The number of hydrazine groups is 1. The van der Waals surface area contributed by atoms with Crippen molar-refractivity contribution in [3.05, 3.63) is 65.5 Å². The molecule has 0 aliphatic rings. The number of nitrogens with one attached hydrogen (secondary N) is 2. The number of carbonyl (C=O) groups is 2. The van der Waals surface area contributed by atoms with Crippen molar-refractivity contribution in [2.45, 2.75) is 13.3 Å². The van der Waals surface area contributed by atoms with Crippen LogP contribution in [0, 0.1) is 6.92 Å². The molecule has 0 radical (unpaired) electrons. The van der Waals surface area contributed by atoms with E-state index in [-0.39, 0.29) is 12.3 Å². The third kappa shape index (κ3) is 3.91. The van der Waals surface area contributed by atoms with E-state index in [0.717, 1.165) is 11.1 Å². The molecule has 5 heteroatoms. The van der Waals surface area contributed by atoms with E-state index in [9.17, 15) is 9.59 Å². The Morgan fingerprint density at radius 3 is 2.50 bits per heavy atom. The normalized spacial score (nSPS) is 9.85. The molecule has 1 heterocycles. The topological polar surface area (TPSA) is 71.1 Å². The molecule has 0 unspecified atom stereocenters. The second kappa shape index (κ2) is 6.47. The van der Waals surface area contributed by atoms with Crippen LogP contribution in [0.1, 0.15) is 21.5 Å². The first-order valence-corrected chi connectivity index (χ1v) is 6.20. The van der Waals surface area contributed by atoms with Crippen LogP contribution in [0.3, 0.4) is 0 Å². The lowest BCUT2D eigenvalue weighted by Gasteiger charge is -2.07. The number of amides is 2. The molecule has 0 atom stereocenters. The average Bonchev–Trinajstić information content (AvgIpc) is 2.48. The minimum atomic E-state index is -0.393. The fourth-order valence-electron chi connectivity index (χ4n) is 1.63. The fourth-order valence-corrected chi connectivity index (χ4v) is 1.63. The van der Waals surface area contributed by atoms with Crippen LogP contribution < -0.4 is 10.9 Å².